The summed E-state index contributed by atoms with van der Waals surface area (Å²) in [5.74, 6) is 0. The molecule has 1 aliphatic heterocycles. The molecule has 0 unspecified atom stereocenters. The van der Waals surface area contributed by atoms with Gasteiger partial charge in [0.15, 0.2) is 6.29 Å². The zero-order valence-electron chi connectivity index (χ0n) is 11.4. The molecule has 20 heavy (non-hydrogen) atoms. The summed E-state index contributed by atoms with van der Waals surface area (Å²) in [5, 5.41) is 0. The molecule has 0 bridgehead atoms. The van der Waals surface area contributed by atoms with Crippen molar-refractivity contribution in [1.29, 1.82) is 0 Å². The predicted molar refractivity (Wildman–Crippen MR) is 69.1 cm³/mol. The van der Waals surface area contributed by atoms with E-state index in [0.29, 0.717) is 19.6 Å². The topological polar surface area (TPSA) is 18.5 Å². The third kappa shape index (κ3) is 6.01. The Kier molecular flexibility index (Phi) is 8.04. The number of hydrogen-bond acceptors (Lipinski definition) is 2. The van der Waals surface area contributed by atoms with Gasteiger partial charge >= 0.3 is 58.4 Å². The molecule has 0 amide bonds. The summed E-state index contributed by atoms with van der Waals surface area (Å²) in [6.45, 7) is -3.52. The first-order valence-electron chi connectivity index (χ1n) is 6.25. The van der Waals surface area contributed by atoms with Gasteiger partial charge in [0.1, 0.15) is 0 Å². The van der Waals surface area contributed by atoms with Crippen LogP contribution in [0.1, 0.15) is 18.4 Å². The average molecular weight is 310 g/mol. The summed E-state index contributed by atoms with van der Waals surface area (Å²) >= 11 is 0. The van der Waals surface area contributed by atoms with E-state index in [4.69, 9.17) is 9.47 Å². The van der Waals surface area contributed by atoms with Crippen molar-refractivity contribution in [3.8, 4) is 0 Å². The Morgan fingerprint density at radius 1 is 1.10 bits per heavy atom. The Bertz CT molecular complexity index is 428. The Morgan fingerprint density at radius 2 is 1.70 bits per heavy atom. The van der Waals surface area contributed by atoms with Gasteiger partial charge in [-0.2, -0.15) is 0 Å². The molecule has 0 aromatic heterocycles. The first kappa shape index (κ1) is 18.4. The molecule has 7 heteroatoms. The predicted octanol–water partition coefficient (Wildman–Crippen LogP) is -0.0887. The minimum atomic E-state index is -4.91. The zero-order valence-corrected chi connectivity index (χ0v) is 14.5. The van der Waals surface area contributed by atoms with Crippen LogP contribution in [0.2, 0.25) is 0 Å². The minimum absolute atomic E-state index is 0. The second-order valence-corrected chi connectivity index (χ2v) is 4.40. The van der Waals surface area contributed by atoms with Crippen LogP contribution >= 0.6 is 0 Å². The van der Waals surface area contributed by atoms with E-state index < -0.39 is 12.4 Å². The molecule has 0 atom stereocenters. The molecule has 104 valence electrons. The van der Waals surface area contributed by atoms with Gasteiger partial charge in [0.05, 0.1) is 13.2 Å². The van der Waals surface area contributed by atoms with Crippen molar-refractivity contribution >= 4 is 18.5 Å². The smallest absolute Gasteiger partial charge is 0.445 e. The van der Waals surface area contributed by atoms with Gasteiger partial charge in [-0.1, -0.05) is 36.4 Å². The van der Waals surface area contributed by atoms with Gasteiger partial charge in [-0.3, -0.25) is 0 Å². The number of ether oxygens (including phenoxy) is 2. The molecule has 1 saturated heterocycles. The summed E-state index contributed by atoms with van der Waals surface area (Å²) in [5.41, 5.74) is 0.163. The standard InChI is InChI=1S/C13H15BF3O2.K/c15-14(16,17)12-7-5-11(6-8-12)3-1-4-13-18-9-2-10-19-13;/h1,3,5-8,13H,2,4,9-10H2;/q-1;+1/b3-1-;. The number of benzene rings is 1. The fraction of sp³-hybridized carbons (Fsp3) is 0.385. The third-order valence-corrected chi connectivity index (χ3v) is 2.85. The van der Waals surface area contributed by atoms with E-state index in [1.807, 2.05) is 6.08 Å². The molecule has 0 N–H and O–H groups in total. The largest absolute Gasteiger partial charge is 1.00 e. The first-order valence-corrected chi connectivity index (χ1v) is 6.25. The molecule has 2 rings (SSSR count). The molecule has 0 aliphatic carbocycles. The van der Waals surface area contributed by atoms with Gasteiger partial charge in [-0.25, -0.2) is 0 Å². The van der Waals surface area contributed by atoms with Gasteiger partial charge in [0.25, 0.3) is 0 Å². The second-order valence-electron chi connectivity index (χ2n) is 4.40. The summed E-state index contributed by atoms with van der Waals surface area (Å²) in [7, 11) is 0. The second kappa shape index (κ2) is 8.73. The number of rotatable bonds is 4. The molecular weight excluding hydrogens is 295 g/mol. The van der Waals surface area contributed by atoms with E-state index in [0.717, 1.165) is 24.1 Å². The van der Waals surface area contributed by atoms with Crippen molar-refractivity contribution in [2.24, 2.45) is 0 Å². The molecule has 0 radical (unpaired) electrons. The van der Waals surface area contributed by atoms with E-state index in [1.165, 1.54) is 12.1 Å². The van der Waals surface area contributed by atoms with E-state index in [2.05, 4.69) is 0 Å². The van der Waals surface area contributed by atoms with Crippen LogP contribution in [0.5, 0.6) is 0 Å². The van der Waals surface area contributed by atoms with Crippen molar-refractivity contribution in [2.45, 2.75) is 19.1 Å². The van der Waals surface area contributed by atoms with Crippen molar-refractivity contribution < 1.29 is 73.8 Å². The normalized spacial score (nSPS) is 17.1. The van der Waals surface area contributed by atoms with Crippen LogP contribution in [0.3, 0.4) is 0 Å². The molecular formula is C13H15BF3KO2. The van der Waals surface area contributed by atoms with Gasteiger partial charge in [0, 0.05) is 6.42 Å². The molecule has 1 aromatic rings. The molecule has 0 saturated carbocycles. The van der Waals surface area contributed by atoms with Crippen LogP contribution in [0.25, 0.3) is 6.08 Å². The Labute approximate surface area is 159 Å². The van der Waals surface area contributed by atoms with Crippen LogP contribution in [-0.2, 0) is 9.47 Å². The van der Waals surface area contributed by atoms with Gasteiger partial charge in [0.2, 0.25) is 0 Å². The van der Waals surface area contributed by atoms with Crippen LogP contribution in [0, 0.1) is 0 Å². The molecule has 1 aromatic carbocycles. The van der Waals surface area contributed by atoms with Crippen LogP contribution in [0.4, 0.5) is 12.9 Å². The summed E-state index contributed by atoms with van der Waals surface area (Å²) in [6, 6.07) is 5.13. The fourth-order valence-corrected chi connectivity index (χ4v) is 1.81. The van der Waals surface area contributed by atoms with Crippen LogP contribution < -0.4 is 56.8 Å². The first-order chi connectivity index (χ1) is 9.05. The maximum atomic E-state index is 12.4. The maximum Gasteiger partial charge on any atom is 1.00 e. The van der Waals surface area contributed by atoms with Crippen molar-refractivity contribution in [3.05, 3.63) is 35.9 Å². The minimum Gasteiger partial charge on any atom is -0.445 e. The van der Waals surface area contributed by atoms with Gasteiger partial charge in [-0.05, 0) is 12.0 Å². The van der Waals surface area contributed by atoms with E-state index in [-0.39, 0.29) is 57.7 Å². The monoisotopic (exact) mass is 310 g/mol. The van der Waals surface area contributed by atoms with Gasteiger partial charge < -0.3 is 22.4 Å². The summed E-state index contributed by atoms with van der Waals surface area (Å²) in [4.78, 5) is 0. The maximum absolute atomic E-state index is 12.4. The van der Waals surface area contributed by atoms with Crippen molar-refractivity contribution in [3.63, 3.8) is 0 Å². The fourth-order valence-electron chi connectivity index (χ4n) is 1.81. The SMILES string of the molecule is F[B-](F)(F)c1ccc(/C=C\CC2OCCCO2)cc1.[K+]. The van der Waals surface area contributed by atoms with E-state index in [1.54, 1.807) is 6.08 Å². The Morgan fingerprint density at radius 3 is 2.25 bits per heavy atom. The zero-order chi connectivity index (χ0) is 13.7. The van der Waals surface area contributed by atoms with Gasteiger partial charge in [-0.15, -0.1) is 5.46 Å². The third-order valence-electron chi connectivity index (χ3n) is 2.85. The van der Waals surface area contributed by atoms with Crippen LogP contribution in [-0.4, -0.2) is 26.5 Å². The van der Waals surface area contributed by atoms with E-state index >= 15 is 0 Å². The van der Waals surface area contributed by atoms with Crippen molar-refractivity contribution in [2.75, 3.05) is 13.2 Å². The Hall–Kier alpha value is 0.371. The molecule has 1 heterocycles. The quantitative estimate of drug-likeness (QED) is 0.724. The molecule has 1 aliphatic rings. The number of halogens is 3. The number of hydrogen-bond donors (Lipinski definition) is 0. The van der Waals surface area contributed by atoms with Crippen LogP contribution in [0.15, 0.2) is 30.3 Å². The summed E-state index contributed by atoms with van der Waals surface area (Å²) < 4.78 is 48.0. The average Bonchev–Trinajstić information content (AvgIpc) is 2.39. The Balaban J connectivity index is 0.00000200. The van der Waals surface area contributed by atoms with E-state index in [9.17, 15) is 12.9 Å². The van der Waals surface area contributed by atoms with Crippen molar-refractivity contribution in [1.82, 2.24) is 0 Å². The summed E-state index contributed by atoms with van der Waals surface area (Å²) in [6.07, 6.45) is 4.90. The molecule has 2 nitrogen and oxygen atoms in total. The molecule has 1 fully saturated rings. The molecule has 0 spiro atoms.